The number of phenolic OH excluding ortho intramolecular Hbond substituents is 1. The van der Waals surface area contributed by atoms with Crippen molar-refractivity contribution in [2.75, 3.05) is 42.3 Å². The summed E-state index contributed by atoms with van der Waals surface area (Å²) in [6, 6.07) is 4.31. The van der Waals surface area contributed by atoms with Gasteiger partial charge in [0.1, 0.15) is 25.4 Å². The van der Waals surface area contributed by atoms with Crippen LogP contribution in [0.1, 0.15) is 16.7 Å². The Bertz CT molecular complexity index is 383. The molecular formula is C15H30N3O+3. The molecule has 4 N–H and O–H groups in total. The van der Waals surface area contributed by atoms with Crippen molar-refractivity contribution in [3.05, 3.63) is 28.8 Å². The first-order valence-electron chi connectivity index (χ1n) is 7.00. The van der Waals surface area contributed by atoms with Gasteiger partial charge in [0.15, 0.2) is 0 Å². The van der Waals surface area contributed by atoms with Crippen molar-refractivity contribution < 1.29 is 19.8 Å². The Balaban J connectivity index is 3.13. The molecule has 0 aliphatic rings. The van der Waals surface area contributed by atoms with Crippen LogP contribution in [0.2, 0.25) is 0 Å². The van der Waals surface area contributed by atoms with E-state index in [2.05, 4.69) is 54.4 Å². The normalized spacial score (nSPS) is 11.8. The number of hydrogen-bond acceptors (Lipinski definition) is 1. The van der Waals surface area contributed by atoms with E-state index < -0.39 is 0 Å². The Hall–Kier alpha value is -1.10. The number of nitrogens with one attached hydrogen (secondary N) is 3. The summed E-state index contributed by atoms with van der Waals surface area (Å²) in [5.41, 5.74) is 3.44. The molecule has 0 spiro atoms. The van der Waals surface area contributed by atoms with Crippen LogP contribution in [-0.2, 0) is 19.6 Å². The van der Waals surface area contributed by atoms with E-state index in [4.69, 9.17) is 0 Å². The van der Waals surface area contributed by atoms with Crippen LogP contribution in [0.5, 0.6) is 5.75 Å². The second-order valence-corrected chi connectivity index (χ2v) is 6.41. The topological polar surface area (TPSA) is 33.5 Å². The molecule has 0 unspecified atom stereocenters. The molecule has 4 heteroatoms. The van der Waals surface area contributed by atoms with E-state index in [9.17, 15) is 5.11 Å². The van der Waals surface area contributed by atoms with Gasteiger partial charge in [0, 0.05) is 16.7 Å². The monoisotopic (exact) mass is 268 g/mol. The molecule has 1 aromatic carbocycles. The lowest BCUT2D eigenvalue weighted by Gasteiger charge is -2.16. The number of aromatic hydroxyl groups is 1. The number of rotatable bonds is 6. The quantitative estimate of drug-likeness (QED) is 0.446. The molecule has 0 bridgehead atoms. The van der Waals surface area contributed by atoms with E-state index >= 15 is 0 Å². The van der Waals surface area contributed by atoms with Gasteiger partial charge in [0.05, 0.1) is 42.3 Å². The lowest BCUT2D eigenvalue weighted by Crippen LogP contribution is -3.04. The van der Waals surface area contributed by atoms with Gasteiger partial charge in [-0.3, -0.25) is 0 Å². The van der Waals surface area contributed by atoms with Crippen LogP contribution in [0.4, 0.5) is 0 Å². The second-order valence-electron chi connectivity index (χ2n) is 6.41. The lowest BCUT2D eigenvalue weighted by molar-refractivity contribution is -0.874. The summed E-state index contributed by atoms with van der Waals surface area (Å²) in [6.07, 6.45) is 0. The van der Waals surface area contributed by atoms with Gasteiger partial charge >= 0.3 is 0 Å². The van der Waals surface area contributed by atoms with Crippen LogP contribution in [0.3, 0.4) is 0 Å². The highest BCUT2D eigenvalue weighted by Gasteiger charge is 2.15. The SMILES string of the molecule is C[NH+](C)Cc1cc(C[NH+](C)C)c(O)c(C[NH+](C)C)c1. The van der Waals surface area contributed by atoms with E-state index in [1.54, 1.807) is 0 Å². The molecule has 1 rings (SSSR count). The second kappa shape index (κ2) is 6.89. The van der Waals surface area contributed by atoms with Gasteiger partial charge in [-0.25, -0.2) is 0 Å². The molecule has 19 heavy (non-hydrogen) atoms. The average Bonchev–Trinajstić information content (AvgIpc) is 2.22. The third-order valence-electron chi connectivity index (χ3n) is 2.97. The largest absolute Gasteiger partial charge is 0.507 e. The van der Waals surface area contributed by atoms with E-state index in [1.165, 1.54) is 20.3 Å². The van der Waals surface area contributed by atoms with Crippen LogP contribution in [-0.4, -0.2) is 47.4 Å². The van der Waals surface area contributed by atoms with Crippen LogP contribution >= 0.6 is 0 Å². The van der Waals surface area contributed by atoms with Crippen LogP contribution < -0.4 is 14.7 Å². The molecule has 0 saturated carbocycles. The Morgan fingerprint density at radius 1 is 0.737 bits per heavy atom. The maximum atomic E-state index is 10.4. The van der Waals surface area contributed by atoms with Gasteiger partial charge in [-0.1, -0.05) is 0 Å². The molecule has 0 aliphatic carbocycles. The van der Waals surface area contributed by atoms with Crippen molar-refractivity contribution in [1.29, 1.82) is 0 Å². The fourth-order valence-corrected chi connectivity index (χ4v) is 2.37. The third-order valence-corrected chi connectivity index (χ3v) is 2.97. The summed E-state index contributed by atoms with van der Waals surface area (Å²) in [5.74, 6) is 0.486. The van der Waals surface area contributed by atoms with Crippen molar-refractivity contribution in [3.8, 4) is 5.75 Å². The van der Waals surface area contributed by atoms with E-state index in [1.807, 2.05) is 0 Å². The molecule has 0 fully saturated rings. The predicted octanol–water partition coefficient (Wildman–Crippen LogP) is -2.67. The van der Waals surface area contributed by atoms with Gasteiger partial charge in [-0.15, -0.1) is 0 Å². The molecule has 0 radical (unpaired) electrons. The van der Waals surface area contributed by atoms with Crippen LogP contribution in [0.25, 0.3) is 0 Å². The predicted molar refractivity (Wildman–Crippen MR) is 77.7 cm³/mol. The molecule has 0 aromatic heterocycles. The van der Waals surface area contributed by atoms with E-state index in [0.29, 0.717) is 5.75 Å². The Labute approximate surface area is 117 Å². The first-order chi connectivity index (χ1) is 8.79. The number of quaternary nitrogens is 3. The third kappa shape index (κ3) is 5.19. The highest BCUT2D eigenvalue weighted by Crippen LogP contribution is 2.23. The highest BCUT2D eigenvalue weighted by molar-refractivity contribution is 5.42. The van der Waals surface area contributed by atoms with Crippen LogP contribution in [0, 0.1) is 0 Å². The number of hydrogen-bond donors (Lipinski definition) is 4. The maximum Gasteiger partial charge on any atom is 0.133 e. The fraction of sp³-hybridized carbons (Fsp3) is 0.600. The van der Waals surface area contributed by atoms with Crippen molar-refractivity contribution in [2.24, 2.45) is 0 Å². The fourth-order valence-electron chi connectivity index (χ4n) is 2.37. The molecule has 0 heterocycles. The molecule has 4 nitrogen and oxygen atoms in total. The van der Waals surface area contributed by atoms with Gasteiger partial charge < -0.3 is 19.8 Å². The van der Waals surface area contributed by atoms with Crippen molar-refractivity contribution in [1.82, 2.24) is 0 Å². The zero-order chi connectivity index (χ0) is 14.6. The number of benzene rings is 1. The summed E-state index contributed by atoms with van der Waals surface area (Å²) in [7, 11) is 12.8. The van der Waals surface area contributed by atoms with Crippen molar-refractivity contribution in [2.45, 2.75) is 19.6 Å². The van der Waals surface area contributed by atoms with Crippen molar-refractivity contribution in [3.63, 3.8) is 0 Å². The summed E-state index contributed by atoms with van der Waals surface area (Å²) in [6.45, 7) is 2.71. The maximum absolute atomic E-state index is 10.4. The van der Waals surface area contributed by atoms with Crippen molar-refractivity contribution >= 4 is 0 Å². The summed E-state index contributed by atoms with van der Waals surface area (Å²) in [5, 5.41) is 10.4. The molecule has 0 atom stereocenters. The first-order valence-corrected chi connectivity index (χ1v) is 7.00. The standard InChI is InChI=1S/C15H27N3O/c1-16(2)9-12-7-13(10-17(3)4)15(19)14(8-12)11-18(5)6/h7-8,19H,9-11H2,1-6H3/p+3. The average molecular weight is 268 g/mol. The van der Waals surface area contributed by atoms with Gasteiger partial charge in [0.25, 0.3) is 0 Å². The summed E-state index contributed by atoms with van der Waals surface area (Å²) in [4.78, 5) is 4.05. The Kier molecular flexibility index (Phi) is 5.79. The minimum absolute atomic E-state index is 0.486. The Morgan fingerprint density at radius 2 is 1.11 bits per heavy atom. The zero-order valence-electron chi connectivity index (χ0n) is 13.2. The van der Waals surface area contributed by atoms with Gasteiger partial charge in [-0.2, -0.15) is 0 Å². The molecule has 0 amide bonds. The smallest absolute Gasteiger partial charge is 0.133 e. The highest BCUT2D eigenvalue weighted by atomic mass is 16.3. The van der Waals surface area contributed by atoms with Gasteiger partial charge in [-0.05, 0) is 12.1 Å². The number of phenols is 1. The summed E-state index contributed by atoms with van der Waals surface area (Å²) >= 11 is 0. The molecule has 1 aromatic rings. The zero-order valence-corrected chi connectivity index (χ0v) is 13.2. The lowest BCUT2D eigenvalue weighted by atomic mass is 10.0. The summed E-state index contributed by atoms with van der Waals surface area (Å²) < 4.78 is 0. The molecular weight excluding hydrogens is 238 g/mol. The first kappa shape index (κ1) is 16.0. The molecule has 0 aliphatic heterocycles. The van der Waals surface area contributed by atoms with Crippen LogP contribution in [0.15, 0.2) is 12.1 Å². The van der Waals surface area contributed by atoms with E-state index in [0.717, 1.165) is 30.8 Å². The molecule has 0 saturated heterocycles. The minimum atomic E-state index is 0.486. The van der Waals surface area contributed by atoms with E-state index in [-0.39, 0.29) is 0 Å². The van der Waals surface area contributed by atoms with Gasteiger partial charge in [0.2, 0.25) is 0 Å². The molecule has 108 valence electrons. The Morgan fingerprint density at radius 3 is 1.42 bits per heavy atom. The minimum Gasteiger partial charge on any atom is -0.507 e.